The van der Waals surface area contributed by atoms with Gasteiger partial charge in [0.1, 0.15) is 0 Å². The minimum atomic E-state index is 0.727. The molecule has 136 valence electrons. The lowest BCUT2D eigenvalue weighted by Crippen LogP contribution is -1.95. The third kappa shape index (κ3) is 11.2. The van der Waals surface area contributed by atoms with Gasteiger partial charge in [-0.15, -0.1) is 0 Å². The van der Waals surface area contributed by atoms with Gasteiger partial charge in [-0.1, -0.05) is 95.2 Å². The van der Waals surface area contributed by atoms with E-state index in [1.54, 1.807) is 0 Å². The fourth-order valence-corrected chi connectivity index (χ4v) is 3.09. The molecule has 0 saturated carbocycles. The smallest absolute Gasteiger partial charge is 0.0918 e. The molecular formula is C21H36N2O. The van der Waals surface area contributed by atoms with Gasteiger partial charge in [-0.25, -0.2) is 0 Å². The summed E-state index contributed by atoms with van der Waals surface area (Å²) in [6.07, 6.45) is 20.3. The standard InChI is InChI=1S/C21H36N2O/c1-2-3-4-5-6-7-8-9-10-11-12-13-14-16-20-17-15-18-21(23-20)19-22-24/h15,17-19,24H,2-14,16H2,1H3/b22-19-. The molecule has 0 aliphatic heterocycles. The Bertz CT molecular complexity index is 432. The highest BCUT2D eigenvalue weighted by Gasteiger charge is 1.98. The molecule has 0 amide bonds. The Morgan fingerprint density at radius 1 is 0.833 bits per heavy atom. The lowest BCUT2D eigenvalue weighted by molar-refractivity contribution is 0.321. The minimum absolute atomic E-state index is 0.727. The third-order valence-corrected chi connectivity index (χ3v) is 4.55. The van der Waals surface area contributed by atoms with Crippen LogP contribution in [0.3, 0.4) is 0 Å². The van der Waals surface area contributed by atoms with Crippen LogP contribution in [0, 0.1) is 0 Å². The molecule has 1 rings (SSSR count). The molecule has 1 heterocycles. The molecule has 0 unspecified atom stereocenters. The Morgan fingerprint density at radius 2 is 1.38 bits per heavy atom. The first-order valence-corrected chi connectivity index (χ1v) is 10.00. The number of aromatic nitrogens is 1. The molecule has 0 spiro atoms. The van der Waals surface area contributed by atoms with Crippen molar-refractivity contribution in [2.75, 3.05) is 0 Å². The molecule has 0 atom stereocenters. The van der Waals surface area contributed by atoms with E-state index in [1.165, 1.54) is 89.7 Å². The number of pyridine rings is 1. The molecule has 24 heavy (non-hydrogen) atoms. The van der Waals surface area contributed by atoms with Crippen molar-refractivity contribution in [2.45, 2.75) is 96.8 Å². The van der Waals surface area contributed by atoms with Gasteiger partial charge in [-0.3, -0.25) is 4.98 Å². The van der Waals surface area contributed by atoms with Crippen molar-refractivity contribution in [1.29, 1.82) is 0 Å². The minimum Gasteiger partial charge on any atom is -0.411 e. The van der Waals surface area contributed by atoms with Crippen molar-refractivity contribution in [1.82, 2.24) is 4.98 Å². The topological polar surface area (TPSA) is 45.5 Å². The summed E-state index contributed by atoms with van der Waals surface area (Å²) < 4.78 is 0. The zero-order valence-electron chi connectivity index (χ0n) is 15.6. The second-order valence-electron chi connectivity index (χ2n) is 6.79. The van der Waals surface area contributed by atoms with Crippen molar-refractivity contribution in [3.63, 3.8) is 0 Å². The van der Waals surface area contributed by atoms with Gasteiger partial charge in [0.15, 0.2) is 0 Å². The quantitative estimate of drug-likeness (QED) is 0.172. The summed E-state index contributed by atoms with van der Waals surface area (Å²) in [6.45, 7) is 2.28. The summed E-state index contributed by atoms with van der Waals surface area (Å²) in [5.74, 6) is 0. The second-order valence-corrected chi connectivity index (χ2v) is 6.79. The summed E-state index contributed by atoms with van der Waals surface area (Å²) in [5, 5.41) is 11.6. The molecule has 0 saturated heterocycles. The molecule has 1 N–H and O–H groups in total. The lowest BCUT2D eigenvalue weighted by Gasteiger charge is -2.04. The zero-order chi connectivity index (χ0) is 17.3. The highest BCUT2D eigenvalue weighted by molar-refractivity contribution is 5.76. The van der Waals surface area contributed by atoms with Crippen molar-refractivity contribution in [3.05, 3.63) is 29.6 Å². The molecular weight excluding hydrogens is 296 g/mol. The van der Waals surface area contributed by atoms with Gasteiger partial charge in [-0.2, -0.15) is 0 Å². The number of unbranched alkanes of at least 4 members (excludes halogenated alkanes) is 12. The van der Waals surface area contributed by atoms with E-state index in [0.29, 0.717) is 0 Å². The first-order valence-electron chi connectivity index (χ1n) is 10.00. The van der Waals surface area contributed by atoms with Crippen LogP contribution >= 0.6 is 0 Å². The second kappa shape index (κ2) is 15.2. The fraction of sp³-hybridized carbons (Fsp3) is 0.714. The van der Waals surface area contributed by atoms with Crippen LogP contribution in [0.15, 0.2) is 23.4 Å². The molecule has 3 heteroatoms. The molecule has 0 bridgehead atoms. The Balaban J connectivity index is 1.89. The summed E-state index contributed by atoms with van der Waals surface area (Å²) >= 11 is 0. The molecule has 0 aliphatic rings. The highest BCUT2D eigenvalue weighted by Crippen LogP contribution is 2.13. The maximum atomic E-state index is 8.54. The van der Waals surface area contributed by atoms with E-state index in [1.807, 2.05) is 12.1 Å². The largest absolute Gasteiger partial charge is 0.411 e. The molecule has 1 aromatic rings. The third-order valence-electron chi connectivity index (χ3n) is 4.55. The summed E-state index contributed by atoms with van der Waals surface area (Å²) in [4.78, 5) is 4.45. The average Bonchev–Trinajstić information content (AvgIpc) is 2.60. The van der Waals surface area contributed by atoms with Crippen molar-refractivity contribution < 1.29 is 5.21 Å². The maximum absolute atomic E-state index is 8.54. The van der Waals surface area contributed by atoms with Gasteiger partial charge in [-0.05, 0) is 25.0 Å². The number of hydrogen-bond acceptors (Lipinski definition) is 3. The molecule has 0 fully saturated rings. The Hall–Kier alpha value is -1.38. The van der Waals surface area contributed by atoms with E-state index in [2.05, 4.69) is 23.1 Å². The summed E-state index contributed by atoms with van der Waals surface area (Å²) in [6, 6.07) is 5.88. The number of nitrogens with zero attached hydrogens (tertiary/aromatic N) is 2. The molecule has 0 aromatic carbocycles. The molecule has 1 aromatic heterocycles. The number of hydrogen-bond donors (Lipinski definition) is 1. The van der Waals surface area contributed by atoms with Crippen molar-refractivity contribution in [2.24, 2.45) is 5.16 Å². The highest BCUT2D eigenvalue weighted by atomic mass is 16.4. The number of rotatable bonds is 15. The van der Waals surface area contributed by atoms with Crippen LogP contribution in [0.2, 0.25) is 0 Å². The summed E-state index contributed by atoms with van der Waals surface area (Å²) in [7, 11) is 0. The van der Waals surface area contributed by atoms with Gasteiger partial charge in [0.25, 0.3) is 0 Å². The molecule has 0 aliphatic carbocycles. The van der Waals surface area contributed by atoms with Crippen LogP contribution in [0.25, 0.3) is 0 Å². The van der Waals surface area contributed by atoms with E-state index in [0.717, 1.165) is 17.8 Å². The van der Waals surface area contributed by atoms with E-state index < -0.39 is 0 Å². The van der Waals surface area contributed by atoms with Crippen LogP contribution in [0.5, 0.6) is 0 Å². The van der Waals surface area contributed by atoms with Gasteiger partial charge in [0.05, 0.1) is 11.9 Å². The Morgan fingerprint density at radius 3 is 1.92 bits per heavy atom. The molecule has 3 nitrogen and oxygen atoms in total. The van der Waals surface area contributed by atoms with Crippen LogP contribution < -0.4 is 0 Å². The van der Waals surface area contributed by atoms with Gasteiger partial charge < -0.3 is 5.21 Å². The van der Waals surface area contributed by atoms with E-state index in [9.17, 15) is 0 Å². The Labute approximate surface area is 148 Å². The molecule has 0 radical (unpaired) electrons. The fourth-order valence-electron chi connectivity index (χ4n) is 3.09. The lowest BCUT2D eigenvalue weighted by atomic mass is 10.0. The first kappa shape index (κ1) is 20.7. The predicted molar refractivity (Wildman–Crippen MR) is 103 cm³/mol. The predicted octanol–water partition coefficient (Wildman–Crippen LogP) is 6.52. The van der Waals surface area contributed by atoms with Crippen LogP contribution in [-0.4, -0.2) is 16.4 Å². The van der Waals surface area contributed by atoms with Crippen LogP contribution in [-0.2, 0) is 6.42 Å². The van der Waals surface area contributed by atoms with Gasteiger partial charge in [0, 0.05) is 5.69 Å². The van der Waals surface area contributed by atoms with Crippen molar-refractivity contribution >= 4 is 6.21 Å². The van der Waals surface area contributed by atoms with Crippen LogP contribution in [0.4, 0.5) is 0 Å². The van der Waals surface area contributed by atoms with E-state index in [-0.39, 0.29) is 0 Å². The Kier molecular flexibility index (Phi) is 13.1. The first-order chi connectivity index (χ1) is 11.9. The SMILES string of the molecule is CCCCCCCCCCCCCCCc1cccc(/C=N\O)n1. The maximum Gasteiger partial charge on any atom is 0.0918 e. The van der Waals surface area contributed by atoms with Gasteiger partial charge >= 0.3 is 0 Å². The van der Waals surface area contributed by atoms with E-state index >= 15 is 0 Å². The summed E-state index contributed by atoms with van der Waals surface area (Å²) in [5.41, 5.74) is 1.82. The number of aryl methyl sites for hydroxylation is 1. The zero-order valence-corrected chi connectivity index (χ0v) is 15.6. The average molecular weight is 333 g/mol. The van der Waals surface area contributed by atoms with Crippen molar-refractivity contribution in [3.8, 4) is 0 Å². The van der Waals surface area contributed by atoms with Gasteiger partial charge in [0.2, 0.25) is 0 Å². The number of oxime groups is 1. The normalized spacial score (nSPS) is 11.4. The van der Waals surface area contributed by atoms with Crippen LogP contribution in [0.1, 0.15) is 102 Å². The van der Waals surface area contributed by atoms with E-state index in [4.69, 9.17) is 5.21 Å². The monoisotopic (exact) mass is 332 g/mol.